The molecule has 17 heavy (non-hydrogen) atoms. The largest absolute Gasteiger partial charge is 0.507 e. The molecule has 0 unspecified atom stereocenters. The lowest BCUT2D eigenvalue weighted by Gasteiger charge is -2.06. The summed E-state index contributed by atoms with van der Waals surface area (Å²) in [5, 5.41) is 28.8. The highest BCUT2D eigenvalue weighted by atomic mass is 79.9. The van der Waals surface area contributed by atoms with Crippen molar-refractivity contribution in [1.29, 1.82) is 0 Å². The maximum absolute atomic E-state index is 11.1. The van der Waals surface area contributed by atoms with Gasteiger partial charge in [0.15, 0.2) is 5.69 Å². The van der Waals surface area contributed by atoms with Crippen molar-refractivity contribution in [2.75, 3.05) is 0 Å². The number of primary amides is 1. The smallest absolute Gasteiger partial charge is 0.271 e. The van der Waals surface area contributed by atoms with Crippen LogP contribution in [0.1, 0.15) is 10.5 Å². The Morgan fingerprint density at radius 2 is 1.94 bits per heavy atom. The molecular formula is C9H7BrN4O3. The number of aromatic nitrogens is 3. The zero-order valence-electron chi connectivity index (χ0n) is 8.31. The normalized spacial score (nSPS) is 10.4. The third kappa shape index (κ3) is 1.82. The molecule has 0 aliphatic heterocycles. The molecule has 1 aromatic heterocycles. The lowest BCUT2D eigenvalue weighted by atomic mass is 10.1. The maximum Gasteiger partial charge on any atom is 0.271 e. The molecule has 88 valence electrons. The van der Waals surface area contributed by atoms with Gasteiger partial charge in [-0.25, -0.2) is 0 Å². The monoisotopic (exact) mass is 298 g/mol. The zero-order valence-corrected chi connectivity index (χ0v) is 9.89. The van der Waals surface area contributed by atoms with E-state index in [-0.39, 0.29) is 32.9 Å². The zero-order chi connectivity index (χ0) is 12.6. The van der Waals surface area contributed by atoms with Crippen LogP contribution in [0.3, 0.4) is 0 Å². The fourth-order valence-corrected chi connectivity index (χ4v) is 1.88. The summed E-state index contributed by atoms with van der Waals surface area (Å²) in [5.74, 6) is -1.05. The minimum atomic E-state index is -0.789. The van der Waals surface area contributed by atoms with Gasteiger partial charge in [-0.15, -0.1) is 0 Å². The highest BCUT2D eigenvalue weighted by Crippen LogP contribution is 2.40. The molecule has 2 aromatic rings. The summed E-state index contributed by atoms with van der Waals surface area (Å²) in [4.78, 5) is 11.1. The van der Waals surface area contributed by atoms with Crippen molar-refractivity contribution < 1.29 is 15.0 Å². The highest BCUT2D eigenvalue weighted by molar-refractivity contribution is 9.10. The van der Waals surface area contributed by atoms with Gasteiger partial charge in [-0.3, -0.25) is 4.79 Å². The third-order valence-electron chi connectivity index (χ3n) is 2.12. The summed E-state index contributed by atoms with van der Waals surface area (Å²) >= 11 is 3.09. The van der Waals surface area contributed by atoms with Crippen LogP contribution in [0.4, 0.5) is 0 Å². The van der Waals surface area contributed by atoms with E-state index in [1.54, 1.807) is 0 Å². The molecule has 0 aliphatic carbocycles. The number of H-pyrrole nitrogens is 1. The number of benzene rings is 1. The number of amides is 1. The summed E-state index contributed by atoms with van der Waals surface area (Å²) < 4.78 is 0.203. The molecule has 0 spiro atoms. The first kappa shape index (κ1) is 11.4. The van der Waals surface area contributed by atoms with Crippen LogP contribution in [0.2, 0.25) is 0 Å². The molecule has 1 aromatic carbocycles. The van der Waals surface area contributed by atoms with Gasteiger partial charge < -0.3 is 15.9 Å². The molecule has 8 heteroatoms. The standard InChI is InChI=1S/C9H7BrN4O3/c10-6-4(16)2-1-3(15)5(6)7-8(9(11)17)13-14-12-7/h1-2,15-16H,(H2,11,17)(H,12,13,14). The number of nitrogens with zero attached hydrogens (tertiary/aromatic N) is 2. The molecular weight excluding hydrogens is 292 g/mol. The summed E-state index contributed by atoms with van der Waals surface area (Å²) in [6.45, 7) is 0. The fraction of sp³-hybridized carbons (Fsp3) is 0. The van der Waals surface area contributed by atoms with E-state index in [1.165, 1.54) is 12.1 Å². The molecule has 1 amide bonds. The van der Waals surface area contributed by atoms with Crippen LogP contribution in [0.15, 0.2) is 16.6 Å². The number of carbonyl (C=O) groups is 1. The Hall–Kier alpha value is -2.09. The topological polar surface area (TPSA) is 125 Å². The predicted octanol–water partition coefficient (Wildman–Crippen LogP) is 0.744. The van der Waals surface area contributed by atoms with E-state index in [9.17, 15) is 15.0 Å². The van der Waals surface area contributed by atoms with Crippen molar-refractivity contribution in [3.63, 3.8) is 0 Å². The molecule has 0 saturated heterocycles. The van der Waals surface area contributed by atoms with Crippen molar-refractivity contribution in [3.05, 3.63) is 22.3 Å². The first-order valence-electron chi connectivity index (χ1n) is 4.43. The van der Waals surface area contributed by atoms with Gasteiger partial charge in [0.2, 0.25) is 0 Å². The second-order valence-corrected chi connectivity index (χ2v) is 3.97. The lowest BCUT2D eigenvalue weighted by molar-refractivity contribution is 0.0996. The minimum Gasteiger partial charge on any atom is -0.507 e. The highest BCUT2D eigenvalue weighted by Gasteiger charge is 2.22. The molecule has 7 nitrogen and oxygen atoms in total. The average molecular weight is 299 g/mol. The Bertz CT molecular complexity index is 596. The van der Waals surface area contributed by atoms with Crippen LogP contribution in [0.25, 0.3) is 11.3 Å². The van der Waals surface area contributed by atoms with Crippen LogP contribution < -0.4 is 5.73 Å². The maximum atomic E-state index is 11.1. The molecule has 0 saturated carbocycles. The molecule has 0 radical (unpaired) electrons. The SMILES string of the molecule is NC(=O)c1n[nH]nc1-c1c(O)ccc(O)c1Br. The summed E-state index contributed by atoms with van der Waals surface area (Å²) in [5.41, 5.74) is 5.21. The lowest BCUT2D eigenvalue weighted by Crippen LogP contribution is -2.12. The quantitative estimate of drug-likeness (QED) is 0.609. The Kier molecular flexibility index (Phi) is 2.72. The fourth-order valence-electron chi connectivity index (χ4n) is 1.36. The van der Waals surface area contributed by atoms with Gasteiger partial charge in [-0.05, 0) is 28.1 Å². The van der Waals surface area contributed by atoms with E-state index in [0.29, 0.717) is 0 Å². The Labute approximate surface area is 103 Å². The van der Waals surface area contributed by atoms with Gasteiger partial charge in [-0.2, -0.15) is 15.4 Å². The number of phenols is 2. The van der Waals surface area contributed by atoms with Gasteiger partial charge in [0.1, 0.15) is 17.2 Å². The number of nitrogens with two attached hydrogens (primary N) is 1. The van der Waals surface area contributed by atoms with Crippen molar-refractivity contribution in [2.24, 2.45) is 5.73 Å². The van der Waals surface area contributed by atoms with Crippen LogP contribution in [0, 0.1) is 0 Å². The van der Waals surface area contributed by atoms with E-state index in [0.717, 1.165) is 0 Å². The van der Waals surface area contributed by atoms with Crippen LogP contribution in [0.5, 0.6) is 11.5 Å². The van der Waals surface area contributed by atoms with E-state index in [2.05, 4.69) is 31.3 Å². The predicted molar refractivity (Wildman–Crippen MR) is 61.4 cm³/mol. The summed E-state index contributed by atoms with van der Waals surface area (Å²) in [7, 11) is 0. The van der Waals surface area contributed by atoms with Crippen LogP contribution in [-0.4, -0.2) is 31.5 Å². The van der Waals surface area contributed by atoms with Gasteiger partial charge in [0, 0.05) is 0 Å². The van der Waals surface area contributed by atoms with Gasteiger partial charge in [0.05, 0.1) is 10.0 Å². The number of nitrogens with one attached hydrogen (secondary N) is 1. The number of carbonyl (C=O) groups excluding carboxylic acids is 1. The Balaban J connectivity index is 2.72. The number of hydrogen-bond acceptors (Lipinski definition) is 5. The first-order valence-corrected chi connectivity index (χ1v) is 5.23. The van der Waals surface area contributed by atoms with E-state index in [4.69, 9.17) is 5.73 Å². The van der Waals surface area contributed by atoms with Crippen LogP contribution >= 0.6 is 15.9 Å². The second-order valence-electron chi connectivity index (χ2n) is 3.18. The molecule has 0 aliphatic rings. The third-order valence-corrected chi connectivity index (χ3v) is 2.92. The molecule has 5 N–H and O–H groups in total. The number of aromatic amines is 1. The summed E-state index contributed by atoms with van der Waals surface area (Å²) in [6, 6.07) is 2.57. The molecule has 0 atom stereocenters. The number of phenolic OH excluding ortho intramolecular Hbond substituents is 2. The molecule has 0 fully saturated rings. The second kappa shape index (κ2) is 4.06. The number of hydrogen-bond donors (Lipinski definition) is 4. The van der Waals surface area contributed by atoms with Gasteiger partial charge in [0.25, 0.3) is 5.91 Å². The van der Waals surface area contributed by atoms with E-state index >= 15 is 0 Å². The van der Waals surface area contributed by atoms with E-state index < -0.39 is 5.91 Å². The van der Waals surface area contributed by atoms with Crippen LogP contribution in [-0.2, 0) is 0 Å². The molecule has 0 bridgehead atoms. The van der Waals surface area contributed by atoms with Gasteiger partial charge in [-0.1, -0.05) is 0 Å². The minimum absolute atomic E-state index is 0.0674. The Morgan fingerprint density at radius 1 is 1.29 bits per heavy atom. The molecule has 1 heterocycles. The number of rotatable bonds is 2. The van der Waals surface area contributed by atoms with E-state index in [1.807, 2.05) is 0 Å². The van der Waals surface area contributed by atoms with Crippen molar-refractivity contribution >= 4 is 21.8 Å². The Morgan fingerprint density at radius 3 is 2.59 bits per heavy atom. The average Bonchev–Trinajstić information content (AvgIpc) is 2.73. The van der Waals surface area contributed by atoms with Gasteiger partial charge >= 0.3 is 0 Å². The van der Waals surface area contributed by atoms with Crippen molar-refractivity contribution in [1.82, 2.24) is 15.4 Å². The molecule has 2 rings (SSSR count). The number of halogens is 1. The first-order chi connectivity index (χ1) is 8.02. The van der Waals surface area contributed by atoms with Crippen molar-refractivity contribution in [3.8, 4) is 22.8 Å². The van der Waals surface area contributed by atoms with Crippen molar-refractivity contribution in [2.45, 2.75) is 0 Å². The number of aromatic hydroxyl groups is 2. The summed E-state index contributed by atoms with van der Waals surface area (Å²) in [6.07, 6.45) is 0.